The summed E-state index contributed by atoms with van der Waals surface area (Å²) in [5.41, 5.74) is 2.96. The fourth-order valence-electron chi connectivity index (χ4n) is 2.67. The Morgan fingerprint density at radius 1 is 1.07 bits per heavy atom. The van der Waals surface area contributed by atoms with Gasteiger partial charge in [-0.2, -0.15) is 0 Å². The molecule has 1 aromatic heterocycles. The highest BCUT2D eigenvalue weighted by Gasteiger charge is 2.17. The molecule has 0 aliphatic heterocycles. The fraction of sp³-hybridized carbons (Fsp3) is 0.238. The fourth-order valence-corrected chi connectivity index (χ4v) is 3.48. The van der Waals surface area contributed by atoms with Crippen LogP contribution >= 0.6 is 11.3 Å². The molecule has 0 spiro atoms. The van der Waals surface area contributed by atoms with Crippen molar-refractivity contribution in [2.75, 3.05) is 20.3 Å². The minimum atomic E-state index is -1.06. The second-order valence-electron chi connectivity index (χ2n) is 6.07. The quantitative estimate of drug-likeness (QED) is 0.558. The first-order valence-corrected chi connectivity index (χ1v) is 9.57. The van der Waals surface area contributed by atoms with Crippen LogP contribution in [0, 0.1) is 13.8 Å². The summed E-state index contributed by atoms with van der Waals surface area (Å²) < 4.78 is 17.2. The Kier molecular flexibility index (Phi) is 6.16. The highest BCUT2D eigenvalue weighted by molar-refractivity contribution is 7.13. The number of hydrogen-bond donors (Lipinski definition) is 1. The van der Waals surface area contributed by atoms with Crippen LogP contribution < -0.4 is 14.2 Å². The molecule has 0 fully saturated rings. The van der Waals surface area contributed by atoms with E-state index in [0.29, 0.717) is 35.3 Å². The summed E-state index contributed by atoms with van der Waals surface area (Å²) in [6, 6.07) is 11.4. The van der Waals surface area contributed by atoms with E-state index in [-0.39, 0.29) is 5.69 Å². The molecular formula is C21H21NO5S. The second kappa shape index (κ2) is 8.75. The van der Waals surface area contributed by atoms with E-state index in [1.807, 2.05) is 44.2 Å². The zero-order chi connectivity index (χ0) is 20.1. The third-order valence-electron chi connectivity index (χ3n) is 4.29. The number of hydrogen-bond acceptors (Lipinski definition) is 6. The number of thiazole rings is 1. The molecule has 0 radical (unpaired) electrons. The first-order valence-electron chi connectivity index (χ1n) is 8.69. The minimum absolute atomic E-state index is 0.00651. The maximum Gasteiger partial charge on any atom is 0.355 e. The lowest BCUT2D eigenvalue weighted by Crippen LogP contribution is -2.11. The van der Waals surface area contributed by atoms with Crippen molar-refractivity contribution in [3.05, 3.63) is 58.6 Å². The van der Waals surface area contributed by atoms with Gasteiger partial charge in [-0.05, 0) is 43.2 Å². The highest BCUT2D eigenvalue weighted by Crippen LogP contribution is 2.39. The number of nitrogens with zero attached hydrogens (tertiary/aromatic N) is 1. The third kappa shape index (κ3) is 4.26. The summed E-state index contributed by atoms with van der Waals surface area (Å²) in [5, 5.41) is 11.2. The van der Waals surface area contributed by atoms with Crippen LogP contribution in [0.2, 0.25) is 0 Å². The largest absolute Gasteiger partial charge is 0.493 e. The van der Waals surface area contributed by atoms with E-state index in [2.05, 4.69) is 4.98 Å². The molecule has 1 N–H and O–H groups in total. The lowest BCUT2D eigenvalue weighted by atomic mass is 10.1. The summed E-state index contributed by atoms with van der Waals surface area (Å²) >= 11 is 1.25. The smallest absolute Gasteiger partial charge is 0.355 e. The van der Waals surface area contributed by atoms with Gasteiger partial charge < -0.3 is 19.3 Å². The number of rotatable bonds is 8. The summed E-state index contributed by atoms with van der Waals surface area (Å²) in [7, 11) is 1.56. The van der Waals surface area contributed by atoms with Gasteiger partial charge in [0.15, 0.2) is 17.2 Å². The lowest BCUT2D eigenvalue weighted by Gasteiger charge is -2.15. The molecule has 7 heteroatoms. The Labute approximate surface area is 167 Å². The van der Waals surface area contributed by atoms with Crippen molar-refractivity contribution in [3.63, 3.8) is 0 Å². The van der Waals surface area contributed by atoms with Gasteiger partial charge >= 0.3 is 5.97 Å². The van der Waals surface area contributed by atoms with Gasteiger partial charge in [-0.1, -0.05) is 18.2 Å². The normalized spacial score (nSPS) is 10.5. The van der Waals surface area contributed by atoms with Crippen molar-refractivity contribution in [3.8, 4) is 27.8 Å². The molecule has 6 nitrogen and oxygen atoms in total. The van der Waals surface area contributed by atoms with Crippen LogP contribution in [0.1, 0.15) is 21.6 Å². The molecule has 146 valence electrons. The highest BCUT2D eigenvalue weighted by atomic mass is 32.1. The van der Waals surface area contributed by atoms with Crippen LogP contribution in [-0.4, -0.2) is 36.4 Å². The van der Waals surface area contributed by atoms with Crippen molar-refractivity contribution in [1.82, 2.24) is 4.98 Å². The molecule has 2 aromatic carbocycles. The summed E-state index contributed by atoms with van der Waals surface area (Å²) in [6.07, 6.45) is 0. The van der Waals surface area contributed by atoms with Gasteiger partial charge in [0.2, 0.25) is 0 Å². The van der Waals surface area contributed by atoms with E-state index in [9.17, 15) is 4.79 Å². The average Bonchev–Trinajstić information content (AvgIpc) is 3.18. The van der Waals surface area contributed by atoms with Crippen LogP contribution in [-0.2, 0) is 0 Å². The zero-order valence-corrected chi connectivity index (χ0v) is 16.7. The van der Waals surface area contributed by atoms with E-state index in [1.165, 1.54) is 22.3 Å². The number of carboxylic acids is 1. The molecule has 0 atom stereocenters. The van der Waals surface area contributed by atoms with Crippen molar-refractivity contribution in [2.45, 2.75) is 13.8 Å². The number of methoxy groups -OCH3 is 1. The Bertz CT molecular complexity index is 983. The third-order valence-corrected chi connectivity index (χ3v) is 5.17. The van der Waals surface area contributed by atoms with Crippen molar-refractivity contribution >= 4 is 17.3 Å². The molecule has 0 aliphatic carbocycles. The zero-order valence-electron chi connectivity index (χ0n) is 15.9. The SMILES string of the molecule is COc1cccc(-c2nc(C(=O)O)cs2)c1OCCOc1cccc(C)c1C. The summed E-state index contributed by atoms with van der Waals surface area (Å²) in [5.74, 6) is 0.835. The van der Waals surface area contributed by atoms with E-state index >= 15 is 0 Å². The van der Waals surface area contributed by atoms with Gasteiger partial charge in [-0.25, -0.2) is 9.78 Å². The van der Waals surface area contributed by atoms with Crippen molar-refractivity contribution in [2.24, 2.45) is 0 Å². The predicted octanol–water partition coefficient (Wildman–Crippen LogP) is 4.59. The monoisotopic (exact) mass is 399 g/mol. The Balaban J connectivity index is 1.75. The van der Waals surface area contributed by atoms with Gasteiger partial charge in [0.1, 0.15) is 24.0 Å². The molecule has 0 aliphatic rings. The molecule has 3 rings (SSSR count). The van der Waals surface area contributed by atoms with E-state index in [4.69, 9.17) is 19.3 Å². The van der Waals surface area contributed by atoms with Crippen LogP contribution in [0.25, 0.3) is 10.6 Å². The number of aryl methyl sites for hydroxylation is 1. The molecule has 28 heavy (non-hydrogen) atoms. The molecule has 1 heterocycles. The molecule has 0 saturated carbocycles. The standard InChI is InChI=1S/C21H21NO5S/c1-13-6-4-8-17(14(13)2)26-10-11-27-19-15(7-5-9-18(19)25-3)20-22-16(12-28-20)21(23)24/h4-9,12H,10-11H2,1-3H3,(H,23,24). The van der Waals surface area contributed by atoms with Crippen LogP contribution in [0.4, 0.5) is 0 Å². The molecule has 0 bridgehead atoms. The predicted molar refractivity (Wildman–Crippen MR) is 108 cm³/mol. The lowest BCUT2D eigenvalue weighted by molar-refractivity contribution is 0.0691. The first kappa shape index (κ1) is 19.7. The molecular weight excluding hydrogens is 378 g/mol. The number of aromatic nitrogens is 1. The maximum absolute atomic E-state index is 11.1. The van der Waals surface area contributed by atoms with Crippen molar-refractivity contribution in [1.29, 1.82) is 0 Å². The van der Waals surface area contributed by atoms with E-state index in [0.717, 1.165) is 11.3 Å². The maximum atomic E-state index is 11.1. The molecule has 0 unspecified atom stereocenters. The van der Waals surface area contributed by atoms with Gasteiger partial charge in [-0.15, -0.1) is 11.3 Å². The first-order chi connectivity index (χ1) is 13.5. The van der Waals surface area contributed by atoms with Gasteiger partial charge in [0.05, 0.1) is 12.7 Å². The molecule has 0 amide bonds. The summed E-state index contributed by atoms with van der Waals surface area (Å²) in [4.78, 5) is 15.3. The Morgan fingerprint density at radius 3 is 2.50 bits per heavy atom. The molecule has 0 saturated heterocycles. The topological polar surface area (TPSA) is 77.9 Å². The number of para-hydroxylation sites is 1. The number of carbonyl (C=O) groups is 1. The van der Waals surface area contributed by atoms with Crippen molar-refractivity contribution < 1.29 is 24.1 Å². The number of benzene rings is 2. The number of aromatic carboxylic acids is 1. The van der Waals surface area contributed by atoms with E-state index < -0.39 is 5.97 Å². The van der Waals surface area contributed by atoms with Gasteiger partial charge in [-0.3, -0.25) is 0 Å². The van der Waals surface area contributed by atoms with Gasteiger partial charge in [0.25, 0.3) is 0 Å². The van der Waals surface area contributed by atoms with Gasteiger partial charge in [0, 0.05) is 5.38 Å². The Hall–Kier alpha value is -3.06. The van der Waals surface area contributed by atoms with Crippen LogP contribution in [0.5, 0.6) is 17.2 Å². The van der Waals surface area contributed by atoms with Crippen LogP contribution in [0.3, 0.4) is 0 Å². The average molecular weight is 399 g/mol. The molecule has 3 aromatic rings. The number of ether oxygens (including phenoxy) is 3. The summed E-state index contributed by atoms with van der Waals surface area (Å²) in [6.45, 7) is 4.73. The second-order valence-corrected chi connectivity index (χ2v) is 6.93. The van der Waals surface area contributed by atoms with Crippen LogP contribution in [0.15, 0.2) is 41.8 Å². The number of carboxylic acid groups (broad SMARTS) is 1. The van der Waals surface area contributed by atoms with E-state index in [1.54, 1.807) is 13.2 Å². The Morgan fingerprint density at radius 2 is 1.79 bits per heavy atom. The minimum Gasteiger partial charge on any atom is -0.493 e.